The molecule has 0 aliphatic carbocycles. The van der Waals surface area contributed by atoms with Crippen LogP contribution in [-0.2, 0) is 20.4 Å². The molecule has 0 heterocycles. The Kier molecular flexibility index (Phi) is 10.2. The minimum Gasteiger partial charge on any atom is -0.481 e. The predicted molar refractivity (Wildman–Crippen MR) is 141 cm³/mol. The second-order valence-corrected chi connectivity index (χ2v) is 17.0. The maximum Gasteiger partial charge on any atom is 0.407 e. The van der Waals surface area contributed by atoms with E-state index in [-0.39, 0.29) is 17.5 Å². The third-order valence-corrected chi connectivity index (χ3v) is 10.7. The molecule has 1 amide bonds. The van der Waals surface area contributed by atoms with Crippen LogP contribution in [0.1, 0.15) is 67.4 Å². The minimum atomic E-state index is -1.75. The maximum absolute atomic E-state index is 12.3. The number of ether oxygens (including phenoxy) is 1. The lowest BCUT2D eigenvalue weighted by molar-refractivity contribution is -0.147. The number of benzene rings is 1. The Morgan fingerprint density at radius 1 is 1.00 bits per heavy atom. The molecule has 1 atom stereocenters. The largest absolute Gasteiger partial charge is 0.481 e. The first kappa shape index (κ1) is 30.0. The Balaban J connectivity index is 2.75. The fraction of sp³-hybridized carbons (Fsp3) is 0.692. The van der Waals surface area contributed by atoms with E-state index >= 15 is 0 Å². The van der Waals surface area contributed by atoms with Gasteiger partial charge in [0.05, 0.1) is 12.0 Å². The highest BCUT2D eigenvalue weighted by molar-refractivity contribution is 6.74. The summed E-state index contributed by atoms with van der Waals surface area (Å²) in [5, 5.41) is 16.0. The molecule has 0 aliphatic heterocycles. The number of anilines is 1. The lowest BCUT2D eigenvalue weighted by atomic mass is 9.84. The Hall–Kier alpha value is -2.06. The Bertz CT molecular complexity index is 808. The van der Waals surface area contributed by atoms with Gasteiger partial charge in [0.1, 0.15) is 5.60 Å². The number of amides is 1. The second-order valence-electron chi connectivity index (χ2n) is 12.2. The van der Waals surface area contributed by atoms with Gasteiger partial charge >= 0.3 is 12.1 Å². The maximum atomic E-state index is 12.3. The SMILES string of the molecule is CC(C)(C)OC(=O)N[C@H](Cc1ccc(NCCO[Si](C)(C)C(C)(C)C)cc1)CC(C)(C)C(=O)O. The van der Waals surface area contributed by atoms with Crippen LogP contribution in [0.5, 0.6) is 0 Å². The van der Waals surface area contributed by atoms with Gasteiger partial charge in [-0.2, -0.15) is 0 Å². The summed E-state index contributed by atoms with van der Waals surface area (Å²) in [7, 11) is -1.75. The number of rotatable bonds is 11. The fourth-order valence-corrected chi connectivity index (χ4v) is 4.16. The molecule has 0 unspecified atom stereocenters. The average molecular weight is 495 g/mol. The number of hydrogen-bond acceptors (Lipinski definition) is 5. The van der Waals surface area contributed by atoms with Crippen LogP contribution in [0, 0.1) is 5.41 Å². The van der Waals surface area contributed by atoms with Gasteiger partial charge in [-0.05, 0) is 83.3 Å². The molecule has 3 N–H and O–H groups in total. The van der Waals surface area contributed by atoms with Crippen molar-refractivity contribution in [1.82, 2.24) is 5.32 Å². The molecule has 0 saturated carbocycles. The van der Waals surface area contributed by atoms with Gasteiger partial charge in [-0.1, -0.05) is 32.9 Å². The van der Waals surface area contributed by atoms with Gasteiger partial charge in [0.25, 0.3) is 0 Å². The van der Waals surface area contributed by atoms with E-state index < -0.39 is 31.4 Å². The van der Waals surface area contributed by atoms with Gasteiger partial charge in [-0.15, -0.1) is 0 Å². The summed E-state index contributed by atoms with van der Waals surface area (Å²) in [5.41, 5.74) is 0.389. The van der Waals surface area contributed by atoms with Crippen LogP contribution in [0.2, 0.25) is 18.1 Å². The van der Waals surface area contributed by atoms with Crippen molar-refractivity contribution >= 4 is 26.1 Å². The summed E-state index contributed by atoms with van der Waals surface area (Å²) < 4.78 is 11.6. The predicted octanol–water partition coefficient (Wildman–Crippen LogP) is 6.06. The molecule has 0 bridgehead atoms. The van der Waals surface area contributed by atoms with Crippen LogP contribution < -0.4 is 10.6 Å². The van der Waals surface area contributed by atoms with Gasteiger partial charge in [0, 0.05) is 18.3 Å². The Morgan fingerprint density at radius 2 is 1.56 bits per heavy atom. The molecule has 34 heavy (non-hydrogen) atoms. The summed E-state index contributed by atoms with van der Waals surface area (Å²) in [6, 6.07) is 7.60. The van der Waals surface area contributed by atoms with Gasteiger partial charge in [-0.3, -0.25) is 4.79 Å². The molecular weight excluding hydrogens is 448 g/mol. The summed E-state index contributed by atoms with van der Waals surface area (Å²) in [6.07, 6.45) is 0.246. The molecule has 1 rings (SSSR count). The quantitative estimate of drug-likeness (QED) is 0.256. The van der Waals surface area contributed by atoms with Crippen LogP contribution in [0.15, 0.2) is 24.3 Å². The van der Waals surface area contributed by atoms with Gasteiger partial charge in [0.2, 0.25) is 0 Å². The molecule has 0 saturated heterocycles. The molecular formula is C26H46N2O5Si. The lowest BCUT2D eigenvalue weighted by Crippen LogP contribution is -2.43. The monoisotopic (exact) mass is 494 g/mol. The van der Waals surface area contributed by atoms with E-state index in [0.717, 1.165) is 17.8 Å². The molecule has 1 aromatic rings. The zero-order valence-corrected chi connectivity index (χ0v) is 23.8. The molecule has 0 aromatic heterocycles. The van der Waals surface area contributed by atoms with Crippen molar-refractivity contribution in [2.75, 3.05) is 18.5 Å². The van der Waals surface area contributed by atoms with Crippen molar-refractivity contribution in [2.45, 2.75) is 98.0 Å². The molecule has 8 heteroatoms. The highest BCUT2D eigenvalue weighted by Gasteiger charge is 2.37. The first-order valence-corrected chi connectivity index (χ1v) is 14.9. The van der Waals surface area contributed by atoms with Crippen LogP contribution in [0.4, 0.5) is 10.5 Å². The average Bonchev–Trinajstić information content (AvgIpc) is 2.63. The lowest BCUT2D eigenvalue weighted by Gasteiger charge is -2.36. The number of carbonyl (C=O) groups excluding carboxylic acids is 1. The number of carboxylic acid groups (broad SMARTS) is 1. The zero-order valence-electron chi connectivity index (χ0n) is 22.8. The van der Waals surface area contributed by atoms with Crippen molar-refractivity contribution in [3.05, 3.63) is 29.8 Å². The first-order chi connectivity index (χ1) is 15.3. The summed E-state index contributed by atoms with van der Waals surface area (Å²) in [6.45, 7) is 21.3. The van der Waals surface area contributed by atoms with E-state index in [4.69, 9.17) is 9.16 Å². The van der Waals surface area contributed by atoms with Crippen LogP contribution >= 0.6 is 0 Å². The Morgan fingerprint density at radius 3 is 2.03 bits per heavy atom. The smallest absolute Gasteiger partial charge is 0.407 e. The highest BCUT2D eigenvalue weighted by Crippen LogP contribution is 2.36. The molecule has 0 aliphatic rings. The van der Waals surface area contributed by atoms with Crippen LogP contribution in [-0.4, -0.2) is 50.3 Å². The van der Waals surface area contributed by atoms with Crippen LogP contribution in [0.25, 0.3) is 0 Å². The molecule has 0 fully saturated rings. The van der Waals surface area contributed by atoms with Crippen molar-refractivity contribution in [3.8, 4) is 0 Å². The fourth-order valence-electron chi connectivity index (χ4n) is 3.11. The van der Waals surface area contributed by atoms with Gasteiger partial charge < -0.3 is 24.9 Å². The Labute approximate surface area is 207 Å². The number of alkyl carbamates (subject to hydrolysis) is 1. The van der Waals surface area contributed by atoms with E-state index in [1.165, 1.54) is 0 Å². The van der Waals surface area contributed by atoms with Gasteiger partial charge in [-0.25, -0.2) is 4.79 Å². The molecule has 0 radical (unpaired) electrons. The van der Waals surface area contributed by atoms with E-state index in [1.54, 1.807) is 34.6 Å². The van der Waals surface area contributed by atoms with E-state index in [2.05, 4.69) is 44.5 Å². The van der Waals surface area contributed by atoms with Crippen molar-refractivity contribution in [3.63, 3.8) is 0 Å². The summed E-state index contributed by atoms with van der Waals surface area (Å²) >= 11 is 0. The van der Waals surface area contributed by atoms with Crippen LogP contribution in [0.3, 0.4) is 0 Å². The number of nitrogens with one attached hydrogen (secondary N) is 2. The normalized spacial score (nSPS) is 13.8. The molecule has 194 valence electrons. The third-order valence-electron chi connectivity index (χ3n) is 6.19. The number of aliphatic carboxylic acids is 1. The number of carboxylic acids is 1. The van der Waals surface area contributed by atoms with Crippen molar-refractivity contribution in [1.29, 1.82) is 0 Å². The molecule has 0 spiro atoms. The van der Waals surface area contributed by atoms with E-state index in [1.807, 2.05) is 24.3 Å². The summed E-state index contributed by atoms with van der Waals surface area (Å²) in [5.74, 6) is -0.900. The topological polar surface area (TPSA) is 96.9 Å². The van der Waals surface area contributed by atoms with Crippen molar-refractivity contribution < 1.29 is 23.9 Å². The number of carbonyl (C=O) groups is 2. The summed E-state index contributed by atoms with van der Waals surface area (Å²) in [4.78, 5) is 24.0. The van der Waals surface area contributed by atoms with Gasteiger partial charge in [0.15, 0.2) is 8.32 Å². The number of hydrogen-bond donors (Lipinski definition) is 3. The first-order valence-electron chi connectivity index (χ1n) is 12.0. The highest BCUT2D eigenvalue weighted by atomic mass is 28.4. The minimum absolute atomic E-state index is 0.188. The standard InChI is InChI=1S/C26H46N2O5Si/c1-24(2,3)33-23(31)28-21(18-26(7,8)22(29)30)17-19-11-13-20(14-12-19)27-15-16-32-34(9,10)25(4,5)6/h11-14,21,27H,15-18H2,1-10H3,(H,28,31)(H,29,30)/t21-/m1/s1. The van der Waals surface area contributed by atoms with Crippen molar-refractivity contribution in [2.24, 2.45) is 5.41 Å². The van der Waals surface area contributed by atoms with E-state index in [9.17, 15) is 14.7 Å². The third kappa shape index (κ3) is 10.5. The molecule has 7 nitrogen and oxygen atoms in total. The molecule has 1 aromatic carbocycles. The zero-order chi connectivity index (χ0) is 26.4. The van der Waals surface area contributed by atoms with E-state index in [0.29, 0.717) is 13.0 Å². The second kappa shape index (κ2) is 11.6.